The molecule has 2 rings (SSSR count). The summed E-state index contributed by atoms with van der Waals surface area (Å²) in [4.78, 5) is 6.77. The maximum Gasteiger partial charge on any atom is 0.144 e. The Kier molecular flexibility index (Phi) is 4.63. The zero-order valence-electron chi connectivity index (χ0n) is 10.3. The molecule has 0 aromatic carbocycles. The van der Waals surface area contributed by atoms with Crippen molar-refractivity contribution in [3.8, 4) is 0 Å². The van der Waals surface area contributed by atoms with Gasteiger partial charge in [-0.3, -0.25) is 4.90 Å². The molecule has 1 aromatic heterocycles. The third-order valence-corrected chi connectivity index (χ3v) is 3.64. The van der Waals surface area contributed by atoms with Crippen molar-refractivity contribution in [2.75, 3.05) is 25.0 Å². The van der Waals surface area contributed by atoms with Gasteiger partial charge >= 0.3 is 0 Å². The van der Waals surface area contributed by atoms with Gasteiger partial charge < -0.3 is 5.32 Å². The van der Waals surface area contributed by atoms with Crippen molar-refractivity contribution in [1.82, 2.24) is 9.88 Å². The second kappa shape index (κ2) is 6.22. The zero-order valence-corrected chi connectivity index (χ0v) is 11.1. The van der Waals surface area contributed by atoms with E-state index in [1.54, 1.807) is 6.20 Å². The maximum absolute atomic E-state index is 6.05. The second-order valence-corrected chi connectivity index (χ2v) is 5.07. The Morgan fingerprint density at radius 2 is 2.18 bits per heavy atom. The Bertz CT molecular complexity index is 350. The van der Waals surface area contributed by atoms with Gasteiger partial charge in [0.2, 0.25) is 0 Å². The van der Waals surface area contributed by atoms with Crippen molar-refractivity contribution < 1.29 is 0 Å². The SMILES string of the molecule is CC(CNc1ncccc1Cl)N1CCCCC1. The average Bonchev–Trinajstić information content (AvgIpc) is 2.38. The molecule has 17 heavy (non-hydrogen) atoms. The molecule has 94 valence electrons. The molecule has 0 spiro atoms. The van der Waals surface area contributed by atoms with E-state index in [9.17, 15) is 0 Å². The maximum atomic E-state index is 6.05. The van der Waals surface area contributed by atoms with Crippen molar-refractivity contribution in [1.29, 1.82) is 0 Å². The summed E-state index contributed by atoms with van der Waals surface area (Å²) >= 11 is 6.05. The molecule has 0 radical (unpaired) electrons. The van der Waals surface area contributed by atoms with Crippen molar-refractivity contribution in [3.05, 3.63) is 23.4 Å². The van der Waals surface area contributed by atoms with Crippen molar-refractivity contribution >= 4 is 17.4 Å². The molecular weight excluding hydrogens is 234 g/mol. The number of piperidine rings is 1. The van der Waals surface area contributed by atoms with Gasteiger partial charge in [-0.1, -0.05) is 18.0 Å². The van der Waals surface area contributed by atoms with Crippen LogP contribution in [0.2, 0.25) is 5.02 Å². The number of anilines is 1. The Balaban J connectivity index is 1.83. The molecule has 0 bridgehead atoms. The van der Waals surface area contributed by atoms with E-state index in [0.29, 0.717) is 11.1 Å². The predicted octanol–water partition coefficient (Wildman–Crippen LogP) is 3.02. The van der Waals surface area contributed by atoms with Crippen molar-refractivity contribution in [3.63, 3.8) is 0 Å². The largest absolute Gasteiger partial charge is 0.367 e. The molecule has 1 fully saturated rings. The van der Waals surface area contributed by atoms with Gasteiger partial charge in [-0.2, -0.15) is 0 Å². The number of nitrogens with zero attached hydrogens (tertiary/aromatic N) is 2. The van der Waals surface area contributed by atoms with Crippen LogP contribution in [0.3, 0.4) is 0 Å². The summed E-state index contributed by atoms with van der Waals surface area (Å²) in [6, 6.07) is 4.25. The number of hydrogen-bond donors (Lipinski definition) is 1. The minimum Gasteiger partial charge on any atom is -0.367 e. The standard InChI is InChI=1S/C13H20ClN3/c1-11(17-8-3-2-4-9-17)10-16-13-12(14)6-5-7-15-13/h5-7,11H,2-4,8-10H2,1H3,(H,15,16). The second-order valence-electron chi connectivity index (χ2n) is 4.66. The number of pyridine rings is 1. The molecule has 1 N–H and O–H groups in total. The lowest BCUT2D eigenvalue weighted by molar-refractivity contribution is 0.180. The Morgan fingerprint density at radius 3 is 2.88 bits per heavy atom. The van der Waals surface area contributed by atoms with Gasteiger partial charge in [0.05, 0.1) is 5.02 Å². The zero-order chi connectivity index (χ0) is 12.1. The summed E-state index contributed by atoms with van der Waals surface area (Å²) in [6.45, 7) is 5.60. The Hall–Kier alpha value is -0.800. The summed E-state index contributed by atoms with van der Waals surface area (Å²) in [5.41, 5.74) is 0. The lowest BCUT2D eigenvalue weighted by atomic mass is 10.1. The molecule has 0 aliphatic carbocycles. The number of nitrogens with one attached hydrogen (secondary N) is 1. The highest BCUT2D eigenvalue weighted by Gasteiger charge is 2.16. The Morgan fingerprint density at radius 1 is 1.41 bits per heavy atom. The summed E-state index contributed by atoms with van der Waals surface area (Å²) in [5, 5.41) is 4.02. The molecule has 1 aromatic rings. The highest BCUT2D eigenvalue weighted by molar-refractivity contribution is 6.32. The van der Waals surface area contributed by atoms with Crippen LogP contribution in [0.5, 0.6) is 0 Å². The summed E-state index contributed by atoms with van der Waals surface area (Å²) < 4.78 is 0. The first kappa shape index (κ1) is 12.7. The van der Waals surface area contributed by atoms with Crippen LogP contribution in [0.4, 0.5) is 5.82 Å². The molecule has 1 atom stereocenters. The molecule has 2 heterocycles. The number of likely N-dealkylation sites (tertiary alicyclic amines) is 1. The van der Waals surface area contributed by atoms with Crippen LogP contribution >= 0.6 is 11.6 Å². The van der Waals surface area contributed by atoms with Crippen molar-refractivity contribution in [2.24, 2.45) is 0 Å². The molecular formula is C13H20ClN3. The van der Waals surface area contributed by atoms with Crippen LogP contribution in [-0.4, -0.2) is 35.6 Å². The van der Waals surface area contributed by atoms with E-state index >= 15 is 0 Å². The third kappa shape index (κ3) is 3.58. The molecule has 0 amide bonds. The van der Waals surface area contributed by atoms with E-state index in [0.717, 1.165) is 12.4 Å². The number of rotatable bonds is 4. The fourth-order valence-electron chi connectivity index (χ4n) is 2.25. The smallest absolute Gasteiger partial charge is 0.144 e. The number of hydrogen-bond acceptors (Lipinski definition) is 3. The Labute approximate surface area is 108 Å². The lowest BCUT2D eigenvalue weighted by Gasteiger charge is -2.32. The van der Waals surface area contributed by atoms with Crippen LogP contribution in [0.1, 0.15) is 26.2 Å². The highest BCUT2D eigenvalue weighted by Crippen LogP contribution is 2.18. The van der Waals surface area contributed by atoms with Crippen LogP contribution in [0.25, 0.3) is 0 Å². The van der Waals surface area contributed by atoms with Gasteiger partial charge in [-0.25, -0.2) is 4.98 Å². The summed E-state index contributed by atoms with van der Waals surface area (Å²) in [7, 11) is 0. The van der Waals surface area contributed by atoms with Gasteiger partial charge in [-0.15, -0.1) is 0 Å². The fraction of sp³-hybridized carbons (Fsp3) is 0.615. The number of aromatic nitrogens is 1. The van der Waals surface area contributed by atoms with Crippen molar-refractivity contribution in [2.45, 2.75) is 32.2 Å². The van der Waals surface area contributed by atoms with E-state index < -0.39 is 0 Å². The van der Waals surface area contributed by atoms with Crippen LogP contribution in [-0.2, 0) is 0 Å². The van der Waals surface area contributed by atoms with Crippen LogP contribution in [0.15, 0.2) is 18.3 Å². The van der Waals surface area contributed by atoms with Gasteiger partial charge in [0.25, 0.3) is 0 Å². The first-order valence-electron chi connectivity index (χ1n) is 6.36. The molecule has 1 unspecified atom stereocenters. The van der Waals surface area contributed by atoms with E-state index in [2.05, 4.69) is 22.1 Å². The topological polar surface area (TPSA) is 28.2 Å². The molecule has 4 heteroatoms. The van der Waals surface area contributed by atoms with Crippen LogP contribution in [0, 0.1) is 0 Å². The minimum absolute atomic E-state index is 0.536. The summed E-state index contributed by atoms with van der Waals surface area (Å²) in [6.07, 6.45) is 5.80. The highest BCUT2D eigenvalue weighted by atomic mass is 35.5. The van der Waals surface area contributed by atoms with E-state index in [4.69, 9.17) is 11.6 Å². The first-order chi connectivity index (χ1) is 8.27. The van der Waals surface area contributed by atoms with Gasteiger partial charge in [0.1, 0.15) is 5.82 Å². The monoisotopic (exact) mass is 253 g/mol. The molecule has 1 aliphatic rings. The molecule has 3 nitrogen and oxygen atoms in total. The minimum atomic E-state index is 0.536. The van der Waals surface area contributed by atoms with E-state index in [1.807, 2.05) is 12.1 Å². The summed E-state index contributed by atoms with van der Waals surface area (Å²) in [5.74, 6) is 0.790. The molecule has 1 aliphatic heterocycles. The quantitative estimate of drug-likeness (QED) is 0.894. The van der Waals surface area contributed by atoms with Gasteiger partial charge in [0, 0.05) is 18.8 Å². The third-order valence-electron chi connectivity index (χ3n) is 3.34. The molecule has 1 saturated heterocycles. The predicted molar refractivity (Wildman–Crippen MR) is 72.6 cm³/mol. The average molecular weight is 254 g/mol. The van der Waals surface area contributed by atoms with Crippen LogP contribution < -0.4 is 5.32 Å². The fourth-order valence-corrected chi connectivity index (χ4v) is 2.44. The first-order valence-corrected chi connectivity index (χ1v) is 6.73. The lowest BCUT2D eigenvalue weighted by Crippen LogP contribution is -2.41. The number of halogens is 1. The van der Waals surface area contributed by atoms with E-state index in [-0.39, 0.29) is 0 Å². The molecule has 0 saturated carbocycles. The van der Waals surface area contributed by atoms with E-state index in [1.165, 1.54) is 32.4 Å². The van der Waals surface area contributed by atoms with Gasteiger partial charge in [-0.05, 0) is 45.0 Å². The van der Waals surface area contributed by atoms with Gasteiger partial charge in [0.15, 0.2) is 0 Å². The normalized spacial score (nSPS) is 18.9.